The molecule has 0 bridgehead atoms. The summed E-state index contributed by atoms with van der Waals surface area (Å²) >= 11 is 0. The molecule has 0 fully saturated rings. The van der Waals surface area contributed by atoms with E-state index in [9.17, 15) is 4.79 Å². The second-order valence-electron chi connectivity index (χ2n) is 4.33. The van der Waals surface area contributed by atoms with Crippen molar-refractivity contribution < 1.29 is 9.90 Å². The Bertz CT molecular complexity index is 515. The van der Waals surface area contributed by atoms with Crippen molar-refractivity contribution in [3.05, 3.63) is 60.2 Å². The van der Waals surface area contributed by atoms with Crippen molar-refractivity contribution in [2.45, 2.75) is 12.8 Å². The molecular weight excluding hydrogens is 224 g/mol. The normalized spacial score (nSPS) is 12.1. The first-order valence-electron chi connectivity index (χ1n) is 6.01. The lowest BCUT2D eigenvalue weighted by Crippen LogP contribution is -2.12. The molecule has 0 aliphatic heterocycles. The molecule has 0 radical (unpaired) electrons. The number of aliphatic hydroxyl groups excluding tert-OH is 1. The first-order valence-corrected chi connectivity index (χ1v) is 6.01. The third-order valence-corrected chi connectivity index (χ3v) is 3.16. The largest absolute Gasteiger partial charge is 0.389 e. The average Bonchev–Trinajstić information content (AvgIpc) is 2.47. The van der Waals surface area contributed by atoms with E-state index in [2.05, 4.69) is 12.1 Å². The molecule has 0 saturated carbocycles. The monoisotopic (exact) mass is 240 g/mol. The van der Waals surface area contributed by atoms with Gasteiger partial charge in [0.2, 0.25) is 0 Å². The van der Waals surface area contributed by atoms with Gasteiger partial charge in [-0.15, -0.1) is 0 Å². The second-order valence-corrected chi connectivity index (χ2v) is 4.33. The van der Waals surface area contributed by atoms with Crippen LogP contribution in [0.4, 0.5) is 0 Å². The second kappa shape index (κ2) is 5.61. The first-order chi connectivity index (χ1) is 8.72. The van der Waals surface area contributed by atoms with E-state index in [4.69, 9.17) is 5.11 Å². The van der Waals surface area contributed by atoms with Crippen LogP contribution in [0.1, 0.15) is 18.4 Å². The Hall–Kier alpha value is -1.93. The smallest absolute Gasteiger partial charge is 0.165 e. The van der Waals surface area contributed by atoms with Crippen LogP contribution < -0.4 is 0 Å². The van der Waals surface area contributed by atoms with Gasteiger partial charge in [-0.05, 0) is 16.7 Å². The summed E-state index contributed by atoms with van der Waals surface area (Å²) in [5.74, 6) is -0.401. The molecule has 92 valence electrons. The standard InChI is InChI=1S/C16H16O2/c1-12(16(18)11-17)13-7-9-15(10-8-13)14-5-3-2-4-6-14/h2-10,12,17H,11H2,1H3. The molecule has 2 nitrogen and oxygen atoms in total. The molecule has 0 aromatic heterocycles. The Kier molecular flexibility index (Phi) is 3.90. The number of benzene rings is 2. The summed E-state index contributed by atoms with van der Waals surface area (Å²) in [7, 11) is 0. The van der Waals surface area contributed by atoms with Crippen molar-refractivity contribution in [2.75, 3.05) is 6.61 Å². The molecule has 2 heteroatoms. The topological polar surface area (TPSA) is 37.3 Å². The number of rotatable bonds is 4. The number of carbonyl (C=O) groups excluding carboxylic acids is 1. The Morgan fingerprint density at radius 2 is 1.56 bits per heavy atom. The van der Waals surface area contributed by atoms with E-state index in [1.807, 2.05) is 49.4 Å². The van der Waals surface area contributed by atoms with Gasteiger partial charge < -0.3 is 5.11 Å². The Labute approximate surface area is 107 Å². The van der Waals surface area contributed by atoms with Crippen LogP contribution in [0.3, 0.4) is 0 Å². The van der Waals surface area contributed by atoms with E-state index in [0.29, 0.717) is 0 Å². The first kappa shape index (κ1) is 12.5. The van der Waals surface area contributed by atoms with E-state index in [1.54, 1.807) is 0 Å². The summed E-state index contributed by atoms with van der Waals surface area (Å²) in [5, 5.41) is 8.85. The summed E-state index contributed by atoms with van der Waals surface area (Å²) in [5.41, 5.74) is 3.22. The molecule has 0 aliphatic carbocycles. The minimum Gasteiger partial charge on any atom is -0.389 e. The van der Waals surface area contributed by atoms with Gasteiger partial charge in [-0.3, -0.25) is 4.79 Å². The number of aliphatic hydroxyl groups is 1. The Morgan fingerprint density at radius 3 is 2.11 bits per heavy atom. The van der Waals surface area contributed by atoms with Gasteiger partial charge in [-0.2, -0.15) is 0 Å². The van der Waals surface area contributed by atoms with Gasteiger partial charge in [0, 0.05) is 5.92 Å². The van der Waals surface area contributed by atoms with Gasteiger partial charge in [0.05, 0.1) is 0 Å². The number of hydrogen-bond donors (Lipinski definition) is 1. The van der Waals surface area contributed by atoms with E-state index in [0.717, 1.165) is 16.7 Å². The van der Waals surface area contributed by atoms with Crippen LogP contribution in [0.25, 0.3) is 11.1 Å². The van der Waals surface area contributed by atoms with Gasteiger partial charge >= 0.3 is 0 Å². The van der Waals surface area contributed by atoms with Gasteiger partial charge in [0.25, 0.3) is 0 Å². The minimum atomic E-state index is -0.401. The predicted octanol–water partition coefficient (Wildman–Crippen LogP) is 3.02. The SMILES string of the molecule is CC(C(=O)CO)c1ccc(-c2ccccc2)cc1. The van der Waals surface area contributed by atoms with E-state index in [1.165, 1.54) is 0 Å². The quantitative estimate of drug-likeness (QED) is 0.892. The fourth-order valence-corrected chi connectivity index (χ4v) is 1.92. The summed E-state index contributed by atoms with van der Waals surface area (Å²) in [6.07, 6.45) is 0. The molecule has 0 heterocycles. The maximum atomic E-state index is 11.4. The molecule has 18 heavy (non-hydrogen) atoms. The Balaban J connectivity index is 2.23. The molecule has 2 rings (SSSR count). The van der Waals surface area contributed by atoms with Gasteiger partial charge in [-0.25, -0.2) is 0 Å². The summed E-state index contributed by atoms with van der Waals surface area (Å²) in [6, 6.07) is 18.0. The van der Waals surface area contributed by atoms with Crippen LogP contribution in [-0.2, 0) is 4.79 Å². The van der Waals surface area contributed by atoms with Gasteiger partial charge in [0.15, 0.2) is 5.78 Å². The van der Waals surface area contributed by atoms with E-state index < -0.39 is 6.61 Å². The van der Waals surface area contributed by atoms with Crippen LogP contribution >= 0.6 is 0 Å². The lowest BCUT2D eigenvalue weighted by Gasteiger charge is -2.10. The highest BCUT2D eigenvalue weighted by Gasteiger charge is 2.13. The lowest BCUT2D eigenvalue weighted by molar-refractivity contribution is -0.122. The van der Waals surface area contributed by atoms with Crippen LogP contribution in [0.2, 0.25) is 0 Å². The van der Waals surface area contributed by atoms with Crippen molar-refractivity contribution in [1.29, 1.82) is 0 Å². The third kappa shape index (κ3) is 2.66. The van der Waals surface area contributed by atoms with Crippen LogP contribution in [0.5, 0.6) is 0 Å². The highest BCUT2D eigenvalue weighted by molar-refractivity contribution is 5.86. The van der Waals surface area contributed by atoms with E-state index >= 15 is 0 Å². The Morgan fingerprint density at radius 1 is 1.00 bits per heavy atom. The number of carbonyl (C=O) groups is 1. The molecular formula is C16H16O2. The lowest BCUT2D eigenvalue weighted by atomic mass is 9.95. The van der Waals surface area contributed by atoms with Crippen LogP contribution in [-0.4, -0.2) is 17.5 Å². The van der Waals surface area contributed by atoms with Crippen molar-refractivity contribution in [3.8, 4) is 11.1 Å². The summed E-state index contributed by atoms with van der Waals surface area (Å²) in [6.45, 7) is 1.41. The molecule has 2 aromatic carbocycles. The molecule has 1 unspecified atom stereocenters. The van der Waals surface area contributed by atoms with Gasteiger partial charge in [-0.1, -0.05) is 61.5 Å². The summed E-state index contributed by atoms with van der Waals surface area (Å²) < 4.78 is 0. The maximum absolute atomic E-state index is 11.4. The molecule has 0 aliphatic rings. The zero-order chi connectivity index (χ0) is 13.0. The number of hydrogen-bond acceptors (Lipinski definition) is 2. The molecule has 2 aromatic rings. The summed E-state index contributed by atoms with van der Waals surface area (Å²) in [4.78, 5) is 11.4. The molecule has 1 N–H and O–H groups in total. The molecule has 1 atom stereocenters. The minimum absolute atomic E-state index is 0.150. The maximum Gasteiger partial charge on any atom is 0.165 e. The van der Waals surface area contributed by atoms with Gasteiger partial charge in [0.1, 0.15) is 6.61 Å². The fourth-order valence-electron chi connectivity index (χ4n) is 1.92. The van der Waals surface area contributed by atoms with Crippen molar-refractivity contribution in [3.63, 3.8) is 0 Å². The average molecular weight is 240 g/mol. The number of ketones is 1. The molecule has 0 amide bonds. The highest BCUT2D eigenvalue weighted by atomic mass is 16.3. The van der Waals surface area contributed by atoms with Crippen molar-refractivity contribution >= 4 is 5.78 Å². The van der Waals surface area contributed by atoms with Crippen molar-refractivity contribution in [2.24, 2.45) is 0 Å². The van der Waals surface area contributed by atoms with Crippen molar-refractivity contribution in [1.82, 2.24) is 0 Å². The van der Waals surface area contributed by atoms with E-state index in [-0.39, 0.29) is 11.7 Å². The molecule has 0 saturated heterocycles. The predicted molar refractivity (Wildman–Crippen MR) is 72.4 cm³/mol. The highest BCUT2D eigenvalue weighted by Crippen LogP contribution is 2.22. The van der Waals surface area contributed by atoms with Crippen LogP contribution in [0.15, 0.2) is 54.6 Å². The zero-order valence-corrected chi connectivity index (χ0v) is 10.3. The number of Topliss-reactive ketones (excluding diaryl/α,β-unsaturated/α-hetero) is 1. The third-order valence-electron chi connectivity index (χ3n) is 3.16. The van der Waals surface area contributed by atoms with Crippen LogP contribution in [0, 0.1) is 0 Å². The fraction of sp³-hybridized carbons (Fsp3) is 0.188. The molecule has 0 spiro atoms. The zero-order valence-electron chi connectivity index (χ0n) is 10.3.